The zero-order valence-corrected chi connectivity index (χ0v) is 14.6. The van der Waals surface area contributed by atoms with Crippen molar-refractivity contribution in [3.8, 4) is 5.75 Å². The second-order valence-corrected chi connectivity index (χ2v) is 7.03. The standard InChI is InChI=1S/C16H15F3N2O4S/c1-21(2)15(22)11-7-9-12(10-8-11)20-26(23,24)14-6-4-3-5-13(14)25-16(17,18)19/h3-10,20H,1-2H3. The van der Waals surface area contributed by atoms with Crippen molar-refractivity contribution in [1.82, 2.24) is 4.90 Å². The van der Waals surface area contributed by atoms with Gasteiger partial charge in [0.15, 0.2) is 0 Å². The summed E-state index contributed by atoms with van der Waals surface area (Å²) in [5, 5.41) is 0. The Labute approximate surface area is 148 Å². The first-order valence-electron chi connectivity index (χ1n) is 7.19. The van der Waals surface area contributed by atoms with Crippen LogP contribution in [0.2, 0.25) is 0 Å². The molecule has 2 rings (SSSR count). The molecule has 140 valence electrons. The number of hydrogen-bond acceptors (Lipinski definition) is 4. The van der Waals surface area contributed by atoms with Crippen molar-refractivity contribution in [3.63, 3.8) is 0 Å². The van der Waals surface area contributed by atoms with Crippen LogP contribution in [0.3, 0.4) is 0 Å². The quantitative estimate of drug-likeness (QED) is 0.854. The van der Waals surface area contributed by atoms with E-state index in [1.807, 2.05) is 0 Å². The topological polar surface area (TPSA) is 75.7 Å². The van der Waals surface area contributed by atoms with Gasteiger partial charge in [0.05, 0.1) is 0 Å². The van der Waals surface area contributed by atoms with Crippen molar-refractivity contribution >= 4 is 21.6 Å². The van der Waals surface area contributed by atoms with Crippen LogP contribution >= 0.6 is 0 Å². The van der Waals surface area contributed by atoms with Crippen molar-refractivity contribution in [1.29, 1.82) is 0 Å². The van der Waals surface area contributed by atoms with Gasteiger partial charge in [0.1, 0.15) is 10.6 Å². The van der Waals surface area contributed by atoms with E-state index in [0.717, 1.165) is 12.1 Å². The Bertz CT molecular complexity index is 894. The smallest absolute Gasteiger partial charge is 0.404 e. The molecule has 1 amide bonds. The molecule has 26 heavy (non-hydrogen) atoms. The van der Waals surface area contributed by atoms with E-state index in [4.69, 9.17) is 0 Å². The third kappa shape index (κ3) is 4.88. The molecule has 10 heteroatoms. The molecule has 2 aromatic carbocycles. The monoisotopic (exact) mass is 388 g/mol. The van der Waals surface area contributed by atoms with Crippen molar-refractivity contribution in [2.75, 3.05) is 18.8 Å². The Morgan fingerprint density at radius 3 is 2.15 bits per heavy atom. The van der Waals surface area contributed by atoms with Crippen LogP contribution in [-0.4, -0.2) is 39.7 Å². The third-order valence-electron chi connectivity index (χ3n) is 3.15. The summed E-state index contributed by atoms with van der Waals surface area (Å²) in [7, 11) is -1.20. The molecule has 0 spiro atoms. The van der Waals surface area contributed by atoms with Crippen LogP contribution in [0.15, 0.2) is 53.4 Å². The van der Waals surface area contributed by atoms with E-state index in [1.54, 1.807) is 14.1 Å². The molecule has 0 saturated carbocycles. The van der Waals surface area contributed by atoms with E-state index in [1.165, 1.54) is 41.3 Å². The number of halogens is 3. The maximum Gasteiger partial charge on any atom is 0.573 e. The van der Waals surface area contributed by atoms with Crippen LogP contribution in [0.4, 0.5) is 18.9 Å². The molecular weight excluding hydrogens is 373 g/mol. The number of rotatable bonds is 5. The summed E-state index contributed by atoms with van der Waals surface area (Å²) in [4.78, 5) is 12.5. The van der Waals surface area contributed by atoms with Gasteiger partial charge >= 0.3 is 6.36 Å². The predicted molar refractivity (Wildman–Crippen MR) is 88.4 cm³/mol. The van der Waals surface area contributed by atoms with Gasteiger partial charge in [-0.1, -0.05) is 12.1 Å². The highest BCUT2D eigenvalue weighted by Crippen LogP contribution is 2.30. The molecule has 0 unspecified atom stereocenters. The number of carbonyl (C=O) groups excluding carboxylic acids is 1. The number of nitrogens with zero attached hydrogens (tertiary/aromatic N) is 1. The third-order valence-corrected chi connectivity index (χ3v) is 4.58. The summed E-state index contributed by atoms with van der Waals surface area (Å²) in [6.07, 6.45) is -5.03. The fourth-order valence-corrected chi connectivity index (χ4v) is 3.22. The van der Waals surface area contributed by atoms with Gasteiger partial charge in [0, 0.05) is 25.3 Å². The van der Waals surface area contributed by atoms with Crippen molar-refractivity contribution in [2.24, 2.45) is 0 Å². The average Bonchev–Trinajstić information content (AvgIpc) is 2.53. The normalized spacial score (nSPS) is 11.7. The number of para-hydroxylation sites is 1. The van der Waals surface area contributed by atoms with Crippen LogP contribution in [0, 0.1) is 0 Å². The molecule has 0 aliphatic carbocycles. The maximum absolute atomic E-state index is 12.4. The van der Waals surface area contributed by atoms with E-state index in [0.29, 0.717) is 5.56 Å². The number of alkyl halides is 3. The number of anilines is 1. The molecule has 0 radical (unpaired) electrons. The first-order chi connectivity index (χ1) is 12.0. The van der Waals surface area contributed by atoms with Gasteiger partial charge in [-0.15, -0.1) is 13.2 Å². The molecule has 0 fully saturated rings. The van der Waals surface area contributed by atoms with Gasteiger partial charge in [0.2, 0.25) is 0 Å². The van der Waals surface area contributed by atoms with E-state index < -0.39 is 27.0 Å². The summed E-state index contributed by atoms with van der Waals surface area (Å²) >= 11 is 0. The summed E-state index contributed by atoms with van der Waals surface area (Å²) in [6, 6.07) is 9.87. The molecule has 0 aliphatic heterocycles. The number of ether oxygens (including phenoxy) is 1. The zero-order chi connectivity index (χ0) is 19.5. The number of sulfonamides is 1. The van der Waals surface area contributed by atoms with Gasteiger partial charge < -0.3 is 9.64 Å². The number of nitrogens with one attached hydrogen (secondary N) is 1. The Morgan fingerprint density at radius 1 is 1.04 bits per heavy atom. The Hall–Kier alpha value is -2.75. The highest BCUT2D eigenvalue weighted by Gasteiger charge is 2.34. The van der Waals surface area contributed by atoms with Gasteiger partial charge in [-0.25, -0.2) is 8.42 Å². The number of amides is 1. The van der Waals surface area contributed by atoms with E-state index in [-0.39, 0.29) is 11.6 Å². The lowest BCUT2D eigenvalue weighted by molar-refractivity contribution is -0.275. The maximum atomic E-state index is 12.4. The fraction of sp³-hybridized carbons (Fsp3) is 0.188. The fourth-order valence-electron chi connectivity index (χ4n) is 2.03. The van der Waals surface area contributed by atoms with Crippen LogP contribution in [0.1, 0.15) is 10.4 Å². The minimum Gasteiger partial charge on any atom is -0.404 e. The minimum atomic E-state index is -5.03. The zero-order valence-electron chi connectivity index (χ0n) is 13.7. The molecule has 1 N–H and O–H groups in total. The number of hydrogen-bond donors (Lipinski definition) is 1. The molecular formula is C16H15F3N2O4S. The van der Waals surface area contributed by atoms with E-state index >= 15 is 0 Å². The van der Waals surface area contributed by atoms with Gasteiger partial charge in [-0.3, -0.25) is 9.52 Å². The molecule has 2 aromatic rings. The SMILES string of the molecule is CN(C)C(=O)c1ccc(NS(=O)(=O)c2ccccc2OC(F)(F)F)cc1. The molecule has 6 nitrogen and oxygen atoms in total. The Balaban J connectivity index is 2.28. The minimum absolute atomic E-state index is 0.0853. The van der Waals surface area contributed by atoms with Gasteiger partial charge in [-0.05, 0) is 36.4 Å². The molecule has 0 heterocycles. The average molecular weight is 388 g/mol. The second-order valence-electron chi connectivity index (χ2n) is 5.38. The first kappa shape index (κ1) is 19.6. The van der Waals surface area contributed by atoms with Crippen LogP contribution in [0.25, 0.3) is 0 Å². The highest BCUT2D eigenvalue weighted by molar-refractivity contribution is 7.92. The van der Waals surface area contributed by atoms with Crippen LogP contribution in [0.5, 0.6) is 5.75 Å². The highest BCUT2D eigenvalue weighted by atomic mass is 32.2. The lowest BCUT2D eigenvalue weighted by Gasteiger charge is -2.15. The van der Waals surface area contributed by atoms with Crippen molar-refractivity contribution in [2.45, 2.75) is 11.3 Å². The van der Waals surface area contributed by atoms with Crippen LogP contribution < -0.4 is 9.46 Å². The largest absolute Gasteiger partial charge is 0.573 e. The first-order valence-corrected chi connectivity index (χ1v) is 8.67. The summed E-state index contributed by atoms with van der Waals surface area (Å²) < 4.78 is 68.1. The lowest BCUT2D eigenvalue weighted by Crippen LogP contribution is -2.22. The predicted octanol–water partition coefficient (Wildman–Crippen LogP) is 3.09. The number of benzene rings is 2. The number of carbonyl (C=O) groups is 1. The van der Waals surface area contributed by atoms with E-state index in [2.05, 4.69) is 9.46 Å². The summed E-state index contributed by atoms with van der Waals surface area (Å²) in [5.41, 5.74) is 0.417. The summed E-state index contributed by atoms with van der Waals surface area (Å²) in [6.45, 7) is 0. The van der Waals surface area contributed by atoms with Crippen molar-refractivity contribution in [3.05, 3.63) is 54.1 Å². The Morgan fingerprint density at radius 2 is 1.62 bits per heavy atom. The summed E-state index contributed by atoms with van der Waals surface area (Å²) in [5.74, 6) is -1.12. The molecule has 0 bridgehead atoms. The molecule has 0 saturated heterocycles. The van der Waals surface area contributed by atoms with Gasteiger partial charge in [-0.2, -0.15) is 0 Å². The van der Waals surface area contributed by atoms with Gasteiger partial charge in [0.25, 0.3) is 15.9 Å². The second kappa shape index (κ2) is 7.24. The van der Waals surface area contributed by atoms with Crippen LogP contribution in [-0.2, 0) is 10.0 Å². The lowest BCUT2D eigenvalue weighted by atomic mass is 10.2. The Kier molecular flexibility index (Phi) is 5.45. The molecule has 0 aromatic heterocycles. The molecule has 0 atom stereocenters. The van der Waals surface area contributed by atoms with Crippen molar-refractivity contribution < 1.29 is 31.1 Å². The van der Waals surface area contributed by atoms with E-state index in [9.17, 15) is 26.4 Å². The molecule has 0 aliphatic rings.